The number of rotatable bonds is 5. The van der Waals surface area contributed by atoms with E-state index in [1.165, 1.54) is 10.9 Å². The van der Waals surface area contributed by atoms with E-state index in [9.17, 15) is 9.90 Å². The molecule has 1 amide bonds. The van der Waals surface area contributed by atoms with Crippen molar-refractivity contribution >= 4 is 5.91 Å². The van der Waals surface area contributed by atoms with Crippen LogP contribution in [0.25, 0.3) is 5.69 Å². The molecule has 7 heteroatoms. The number of amides is 1. The summed E-state index contributed by atoms with van der Waals surface area (Å²) in [5, 5.41) is 15.0. The number of hydrazine groups is 1. The van der Waals surface area contributed by atoms with Gasteiger partial charge in [0.1, 0.15) is 17.5 Å². The van der Waals surface area contributed by atoms with Crippen LogP contribution in [-0.2, 0) is 0 Å². The van der Waals surface area contributed by atoms with Gasteiger partial charge in [-0.3, -0.25) is 10.2 Å². The zero-order valence-corrected chi connectivity index (χ0v) is 13.6. The maximum absolute atomic E-state index is 12.1. The molecule has 0 unspecified atom stereocenters. The Balaban J connectivity index is 2.04. The third kappa shape index (κ3) is 3.37. The number of aliphatic hydroxyl groups excluding tert-OH is 1. The van der Waals surface area contributed by atoms with Gasteiger partial charge in [-0.15, -0.1) is 0 Å². The van der Waals surface area contributed by atoms with Crippen LogP contribution in [0.4, 0.5) is 0 Å². The quantitative estimate of drug-likeness (QED) is 0.372. The van der Waals surface area contributed by atoms with E-state index in [2.05, 4.69) is 10.5 Å². The van der Waals surface area contributed by atoms with Crippen molar-refractivity contribution < 1.29 is 14.6 Å². The molecule has 0 radical (unpaired) electrons. The van der Waals surface area contributed by atoms with E-state index >= 15 is 0 Å². The van der Waals surface area contributed by atoms with Crippen LogP contribution in [0.3, 0.4) is 0 Å². The van der Waals surface area contributed by atoms with Crippen molar-refractivity contribution in [2.45, 2.75) is 6.10 Å². The van der Waals surface area contributed by atoms with Gasteiger partial charge >= 0.3 is 0 Å². The number of aromatic nitrogens is 2. The first kappa shape index (κ1) is 16.7. The minimum atomic E-state index is -1.05. The summed E-state index contributed by atoms with van der Waals surface area (Å²) in [6, 6.07) is 16.2. The lowest BCUT2D eigenvalue weighted by atomic mass is 10.0. The molecule has 0 fully saturated rings. The fraction of sp³-hybridized carbons (Fsp3) is 0.111. The maximum Gasteiger partial charge on any atom is 0.268 e. The Labute approximate surface area is 144 Å². The summed E-state index contributed by atoms with van der Waals surface area (Å²) >= 11 is 0. The van der Waals surface area contributed by atoms with E-state index in [0.29, 0.717) is 11.3 Å². The van der Waals surface area contributed by atoms with Gasteiger partial charge in [0, 0.05) is 6.20 Å². The standard InChI is InChI=1S/C18H18N4O3/c1-25-14-9-7-13(8-10-14)22-11-15(18(24)20-19)16(21-22)17(23)12-5-3-2-4-6-12/h2-11,17,23H,19H2,1H3,(H,20,24)/t17-/m0/s1. The lowest BCUT2D eigenvalue weighted by Gasteiger charge is -2.10. The van der Waals surface area contributed by atoms with Crippen molar-refractivity contribution in [2.75, 3.05) is 7.11 Å². The summed E-state index contributed by atoms with van der Waals surface area (Å²) in [7, 11) is 1.58. The third-order valence-electron chi connectivity index (χ3n) is 3.83. The summed E-state index contributed by atoms with van der Waals surface area (Å²) < 4.78 is 6.65. The molecule has 0 saturated carbocycles. The molecule has 0 aliphatic carbocycles. The average molecular weight is 338 g/mol. The Morgan fingerprint density at radius 3 is 2.48 bits per heavy atom. The van der Waals surface area contributed by atoms with Crippen LogP contribution in [0, 0.1) is 0 Å². The zero-order valence-electron chi connectivity index (χ0n) is 13.6. The second-order valence-electron chi connectivity index (χ2n) is 5.36. The van der Waals surface area contributed by atoms with Crippen molar-refractivity contribution in [3.05, 3.63) is 77.6 Å². The van der Waals surface area contributed by atoms with Crippen LogP contribution in [0.1, 0.15) is 27.7 Å². The molecule has 1 atom stereocenters. The molecule has 128 valence electrons. The van der Waals surface area contributed by atoms with Gasteiger partial charge in [0.2, 0.25) is 0 Å². The predicted octanol–water partition coefficient (Wildman–Crippen LogP) is 1.57. The van der Waals surface area contributed by atoms with E-state index in [-0.39, 0.29) is 11.3 Å². The van der Waals surface area contributed by atoms with Crippen molar-refractivity contribution in [1.82, 2.24) is 15.2 Å². The largest absolute Gasteiger partial charge is 0.497 e. The highest BCUT2D eigenvalue weighted by molar-refractivity contribution is 5.95. The van der Waals surface area contributed by atoms with Crippen molar-refractivity contribution in [2.24, 2.45) is 5.84 Å². The molecule has 1 heterocycles. The monoisotopic (exact) mass is 338 g/mol. The molecule has 7 nitrogen and oxygen atoms in total. The zero-order chi connectivity index (χ0) is 17.8. The number of benzene rings is 2. The molecule has 4 N–H and O–H groups in total. The van der Waals surface area contributed by atoms with Gasteiger partial charge in [-0.25, -0.2) is 10.5 Å². The summed E-state index contributed by atoms with van der Waals surface area (Å²) in [6.07, 6.45) is 0.485. The number of carbonyl (C=O) groups excluding carboxylic acids is 1. The summed E-state index contributed by atoms with van der Waals surface area (Å²) in [4.78, 5) is 12.1. The fourth-order valence-corrected chi connectivity index (χ4v) is 2.50. The first-order chi connectivity index (χ1) is 12.1. The molecule has 0 saturated heterocycles. The van der Waals surface area contributed by atoms with Gasteiger partial charge in [0.15, 0.2) is 0 Å². The lowest BCUT2D eigenvalue weighted by Crippen LogP contribution is -2.30. The fourth-order valence-electron chi connectivity index (χ4n) is 2.50. The van der Waals surface area contributed by atoms with Crippen LogP contribution in [0.15, 0.2) is 60.8 Å². The first-order valence-corrected chi connectivity index (χ1v) is 7.62. The Kier molecular flexibility index (Phi) is 4.78. The van der Waals surface area contributed by atoms with Gasteiger partial charge in [-0.05, 0) is 29.8 Å². The molecule has 0 bridgehead atoms. The molecule has 2 aromatic carbocycles. The van der Waals surface area contributed by atoms with E-state index < -0.39 is 12.0 Å². The highest BCUT2D eigenvalue weighted by atomic mass is 16.5. The molecule has 3 rings (SSSR count). The lowest BCUT2D eigenvalue weighted by molar-refractivity contribution is 0.0948. The number of nitrogens with one attached hydrogen (secondary N) is 1. The average Bonchev–Trinajstić information content (AvgIpc) is 3.13. The molecular weight excluding hydrogens is 320 g/mol. The number of methoxy groups -OCH3 is 1. The van der Waals surface area contributed by atoms with Gasteiger partial charge in [0.05, 0.1) is 18.4 Å². The minimum absolute atomic E-state index is 0.203. The Bertz CT molecular complexity index is 860. The molecule has 0 spiro atoms. The third-order valence-corrected chi connectivity index (χ3v) is 3.83. The van der Waals surface area contributed by atoms with Crippen LogP contribution < -0.4 is 16.0 Å². The number of hydrogen-bond acceptors (Lipinski definition) is 5. The molecule has 0 aliphatic rings. The van der Waals surface area contributed by atoms with Crippen LogP contribution in [0.5, 0.6) is 5.75 Å². The number of hydrogen-bond donors (Lipinski definition) is 3. The van der Waals surface area contributed by atoms with Gasteiger partial charge in [-0.1, -0.05) is 30.3 Å². The molecule has 25 heavy (non-hydrogen) atoms. The molecule has 1 aromatic heterocycles. The minimum Gasteiger partial charge on any atom is -0.497 e. The Hall–Kier alpha value is -3.16. The predicted molar refractivity (Wildman–Crippen MR) is 92.3 cm³/mol. The molecular formula is C18H18N4O3. The van der Waals surface area contributed by atoms with Crippen molar-refractivity contribution in [3.8, 4) is 11.4 Å². The van der Waals surface area contributed by atoms with Gasteiger partial charge < -0.3 is 9.84 Å². The van der Waals surface area contributed by atoms with E-state index in [1.807, 2.05) is 18.2 Å². The van der Waals surface area contributed by atoms with Crippen molar-refractivity contribution in [1.29, 1.82) is 0 Å². The number of nitrogens with zero attached hydrogens (tertiary/aromatic N) is 2. The van der Waals surface area contributed by atoms with Crippen molar-refractivity contribution in [3.63, 3.8) is 0 Å². The second-order valence-corrected chi connectivity index (χ2v) is 5.36. The van der Waals surface area contributed by atoms with Gasteiger partial charge in [-0.2, -0.15) is 5.10 Å². The number of carbonyl (C=O) groups is 1. The molecule has 3 aromatic rings. The van der Waals surface area contributed by atoms with E-state index in [0.717, 1.165) is 5.69 Å². The summed E-state index contributed by atoms with van der Waals surface area (Å²) in [6.45, 7) is 0. The normalized spacial score (nSPS) is 11.8. The first-order valence-electron chi connectivity index (χ1n) is 7.62. The highest BCUT2D eigenvalue weighted by Gasteiger charge is 2.23. The van der Waals surface area contributed by atoms with E-state index in [1.54, 1.807) is 43.5 Å². The highest BCUT2D eigenvalue weighted by Crippen LogP contribution is 2.25. The topological polar surface area (TPSA) is 102 Å². The van der Waals surface area contributed by atoms with Crippen LogP contribution in [0.2, 0.25) is 0 Å². The van der Waals surface area contributed by atoms with Gasteiger partial charge in [0.25, 0.3) is 5.91 Å². The second kappa shape index (κ2) is 7.16. The number of nitrogens with two attached hydrogens (primary N) is 1. The van der Waals surface area contributed by atoms with E-state index in [4.69, 9.17) is 10.6 Å². The number of ether oxygens (including phenoxy) is 1. The molecule has 0 aliphatic heterocycles. The number of aliphatic hydroxyl groups is 1. The summed E-state index contributed by atoms with van der Waals surface area (Å²) in [5.41, 5.74) is 3.87. The number of nitrogen functional groups attached to an aromatic ring is 1. The summed E-state index contributed by atoms with van der Waals surface area (Å²) in [5.74, 6) is 5.45. The maximum atomic E-state index is 12.1. The Morgan fingerprint density at radius 2 is 1.88 bits per heavy atom. The SMILES string of the molecule is COc1ccc(-n2cc(C(=O)NN)c([C@@H](O)c3ccccc3)n2)cc1. The Morgan fingerprint density at radius 1 is 1.20 bits per heavy atom. The van der Waals surface area contributed by atoms with Crippen LogP contribution >= 0.6 is 0 Å². The van der Waals surface area contributed by atoms with Crippen LogP contribution in [-0.4, -0.2) is 27.9 Å². The smallest absolute Gasteiger partial charge is 0.268 e.